The molecule has 0 saturated carbocycles. The summed E-state index contributed by atoms with van der Waals surface area (Å²) in [7, 11) is 0. The van der Waals surface area contributed by atoms with Gasteiger partial charge in [0.25, 0.3) is 5.91 Å². The molecule has 7 heteroatoms. The third-order valence-corrected chi connectivity index (χ3v) is 5.22. The molecule has 1 aliphatic heterocycles. The Bertz CT molecular complexity index is 1090. The predicted octanol–water partition coefficient (Wildman–Crippen LogP) is 2.66. The lowest BCUT2D eigenvalue weighted by atomic mass is 10.0. The number of aryl methyl sites for hydroxylation is 1. The number of nitrogens with one attached hydrogen (secondary N) is 1. The number of hydrogen-bond donors (Lipinski definition) is 1. The molecule has 0 radical (unpaired) electrons. The molecule has 1 N–H and O–H groups in total. The van der Waals surface area contributed by atoms with E-state index in [1.54, 1.807) is 23.1 Å². The lowest BCUT2D eigenvalue weighted by molar-refractivity contribution is -0.121. The number of piperidine rings is 1. The maximum atomic E-state index is 12.6. The van der Waals surface area contributed by atoms with E-state index in [-0.39, 0.29) is 24.3 Å². The summed E-state index contributed by atoms with van der Waals surface area (Å²) in [6.07, 6.45) is 2.94. The van der Waals surface area contributed by atoms with Crippen molar-refractivity contribution in [3.8, 4) is 0 Å². The van der Waals surface area contributed by atoms with Gasteiger partial charge in [0.05, 0.1) is 12.7 Å². The van der Waals surface area contributed by atoms with Crippen LogP contribution in [0.2, 0.25) is 0 Å². The zero-order valence-electron chi connectivity index (χ0n) is 16.1. The van der Waals surface area contributed by atoms with Crippen molar-refractivity contribution in [2.24, 2.45) is 0 Å². The fraction of sp³-hybridized carbons (Fsp3) is 0.318. The van der Waals surface area contributed by atoms with Crippen LogP contribution in [0, 0.1) is 6.92 Å². The maximum Gasteiger partial charge on any atom is 0.336 e. The molecule has 1 aromatic carbocycles. The molecule has 7 nitrogen and oxygen atoms in total. The highest BCUT2D eigenvalue weighted by Gasteiger charge is 2.26. The van der Waals surface area contributed by atoms with Crippen molar-refractivity contribution in [2.45, 2.75) is 32.2 Å². The molecular weight excluding hydrogens is 372 g/mol. The molecule has 2 aromatic heterocycles. The van der Waals surface area contributed by atoms with E-state index in [0.29, 0.717) is 42.8 Å². The van der Waals surface area contributed by atoms with Gasteiger partial charge in [0.2, 0.25) is 5.91 Å². The molecule has 1 aliphatic rings. The Labute approximate surface area is 167 Å². The van der Waals surface area contributed by atoms with Crippen LogP contribution in [0.3, 0.4) is 0 Å². The van der Waals surface area contributed by atoms with E-state index in [1.165, 1.54) is 12.3 Å². The standard InChI is InChI=1S/C22H22N2O5/c1-14-4-5-17-15(13-21(26)29-19(17)11-14)12-20(25)23-16-6-8-24(9-7-16)22(27)18-3-2-10-28-18/h2-5,10-11,13,16H,6-9,12H2,1H3,(H,23,25). The van der Waals surface area contributed by atoms with E-state index in [1.807, 2.05) is 19.1 Å². The molecular formula is C22H22N2O5. The Balaban J connectivity index is 1.37. The molecule has 0 unspecified atom stereocenters. The lowest BCUT2D eigenvalue weighted by Crippen LogP contribution is -2.46. The van der Waals surface area contributed by atoms with Gasteiger partial charge in [0.15, 0.2) is 5.76 Å². The van der Waals surface area contributed by atoms with Gasteiger partial charge in [-0.05, 0) is 49.1 Å². The van der Waals surface area contributed by atoms with E-state index in [4.69, 9.17) is 8.83 Å². The normalized spacial score (nSPS) is 14.9. The highest BCUT2D eigenvalue weighted by molar-refractivity contribution is 5.91. The quantitative estimate of drug-likeness (QED) is 0.687. The highest BCUT2D eigenvalue weighted by atomic mass is 16.4. The summed E-state index contributed by atoms with van der Waals surface area (Å²) in [6.45, 7) is 3.03. The molecule has 3 aromatic rings. The van der Waals surface area contributed by atoms with Crippen LogP contribution in [0.25, 0.3) is 11.0 Å². The van der Waals surface area contributed by atoms with Crippen LogP contribution in [0.5, 0.6) is 0 Å². The second-order valence-electron chi connectivity index (χ2n) is 7.38. The van der Waals surface area contributed by atoms with Crippen LogP contribution in [-0.2, 0) is 11.2 Å². The van der Waals surface area contributed by atoms with Gasteiger partial charge >= 0.3 is 5.63 Å². The fourth-order valence-electron chi connectivity index (χ4n) is 3.72. The third-order valence-electron chi connectivity index (χ3n) is 5.22. The zero-order valence-corrected chi connectivity index (χ0v) is 16.1. The average molecular weight is 394 g/mol. The first-order valence-corrected chi connectivity index (χ1v) is 9.65. The van der Waals surface area contributed by atoms with E-state index >= 15 is 0 Å². The van der Waals surface area contributed by atoms with Crippen molar-refractivity contribution < 1.29 is 18.4 Å². The van der Waals surface area contributed by atoms with Crippen LogP contribution in [0.15, 0.2) is 56.3 Å². The van der Waals surface area contributed by atoms with Crippen LogP contribution in [0.1, 0.15) is 34.5 Å². The van der Waals surface area contributed by atoms with E-state index < -0.39 is 5.63 Å². The highest BCUT2D eigenvalue weighted by Crippen LogP contribution is 2.19. The number of fused-ring (bicyclic) bond motifs is 1. The topological polar surface area (TPSA) is 92.8 Å². The van der Waals surface area contributed by atoms with Crippen molar-refractivity contribution in [2.75, 3.05) is 13.1 Å². The largest absolute Gasteiger partial charge is 0.459 e. The van der Waals surface area contributed by atoms with Crippen LogP contribution in [-0.4, -0.2) is 35.8 Å². The molecule has 0 spiro atoms. The summed E-state index contributed by atoms with van der Waals surface area (Å²) < 4.78 is 10.4. The number of furan rings is 1. The molecule has 150 valence electrons. The van der Waals surface area contributed by atoms with Crippen molar-refractivity contribution in [3.63, 3.8) is 0 Å². The van der Waals surface area contributed by atoms with Gasteiger partial charge in [-0.1, -0.05) is 12.1 Å². The molecule has 0 atom stereocenters. The third kappa shape index (κ3) is 4.23. The van der Waals surface area contributed by atoms with E-state index in [2.05, 4.69) is 5.32 Å². The smallest absolute Gasteiger partial charge is 0.336 e. The van der Waals surface area contributed by atoms with Gasteiger partial charge in [-0.2, -0.15) is 0 Å². The molecule has 29 heavy (non-hydrogen) atoms. The van der Waals surface area contributed by atoms with Gasteiger partial charge < -0.3 is 19.1 Å². The second kappa shape index (κ2) is 7.95. The fourth-order valence-corrected chi connectivity index (χ4v) is 3.72. The van der Waals surface area contributed by atoms with Crippen LogP contribution in [0.4, 0.5) is 0 Å². The first-order valence-electron chi connectivity index (χ1n) is 9.65. The molecule has 1 fully saturated rings. The number of nitrogens with zero attached hydrogens (tertiary/aromatic N) is 1. The van der Waals surface area contributed by atoms with Gasteiger partial charge in [0.1, 0.15) is 5.58 Å². The van der Waals surface area contributed by atoms with Gasteiger partial charge in [-0.25, -0.2) is 4.79 Å². The Morgan fingerprint density at radius 3 is 2.69 bits per heavy atom. The van der Waals surface area contributed by atoms with Crippen molar-refractivity contribution >= 4 is 22.8 Å². The second-order valence-corrected chi connectivity index (χ2v) is 7.38. The minimum absolute atomic E-state index is 0.00298. The summed E-state index contributed by atoms with van der Waals surface area (Å²) in [5, 5.41) is 3.79. The first kappa shape index (κ1) is 19.0. The van der Waals surface area contributed by atoms with Gasteiger partial charge in [-0.3, -0.25) is 9.59 Å². The predicted molar refractivity (Wildman–Crippen MR) is 107 cm³/mol. The van der Waals surface area contributed by atoms with Gasteiger partial charge in [0, 0.05) is 30.6 Å². The number of carbonyl (C=O) groups is 2. The molecule has 1 saturated heterocycles. The Kier molecular flexibility index (Phi) is 5.20. The molecule has 0 bridgehead atoms. The summed E-state index contributed by atoms with van der Waals surface area (Å²) in [6, 6.07) is 10.3. The van der Waals surface area contributed by atoms with Crippen molar-refractivity contribution in [1.29, 1.82) is 0 Å². The Hall–Kier alpha value is -3.35. The van der Waals surface area contributed by atoms with Crippen LogP contribution < -0.4 is 10.9 Å². The van der Waals surface area contributed by atoms with Crippen molar-refractivity contribution in [1.82, 2.24) is 10.2 Å². The summed E-state index contributed by atoms with van der Waals surface area (Å²) >= 11 is 0. The summed E-state index contributed by atoms with van der Waals surface area (Å²) in [5.74, 6) is 0.0587. The number of amides is 2. The summed E-state index contributed by atoms with van der Waals surface area (Å²) in [5.41, 5.74) is 1.66. The summed E-state index contributed by atoms with van der Waals surface area (Å²) in [4.78, 5) is 38.5. The molecule has 4 rings (SSSR count). The Morgan fingerprint density at radius 2 is 1.97 bits per heavy atom. The van der Waals surface area contributed by atoms with E-state index in [9.17, 15) is 14.4 Å². The minimum atomic E-state index is -0.462. The maximum absolute atomic E-state index is 12.6. The molecule has 3 heterocycles. The number of rotatable bonds is 4. The lowest BCUT2D eigenvalue weighted by Gasteiger charge is -2.31. The number of benzene rings is 1. The number of likely N-dealkylation sites (tertiary alicyclic amines) is 1. The molecule has 0 aliphatic carbocycles. The van der Waals surface area contributed by atoms with E-state index in [0.717, 1.165) is 10.9 Å². The molecule has 2 amide bonds. The monoisotopic (exact) mass is 394 g/mol. The van der Waals surface area contributed by atoms with Crippen molar-refractivity contribution in [3.05, 3.63) is 70.0 Å². The van der Waals surface area contributed by atoms with Crippen LogP contribution >= 0.6 is 0 Å². The number of hydrogen-bond acceptors (Lipinski definition) is 5. The SMILES string of the molecule is Cc1ccc2c(CC(=O)NC3CCN(C(=O)c4ccco4)CC3)cc(=O)oc2c1. The first-order chi connectivity index (χ1) is 14.0. The number of carbonyl (C=O) groups excluding carboxylic acids is 2. The average Bonchev–Trinajstić information content (AvgIpc) is 3.22. The minimum Gasteiger partial charge on any atom is -0.459 e. The zero-order chi connectivity index (χ0) is 20.4. The Morgan fingerprint density at radius 1 is 1.17 bits per heavy atom. The van der Waals surface area contributed by atoms with Gasteiger partial charge in [-0.15, -0.1) is 0 Å².